The molecule has 0 aliphatic carbocycles. The zero-order valence-corrected chi connectivity index (χ0v) is 22.1. The van der Waals surface area contributed by atoms with Gasteiger partial charge in [0.1, 0.15) is 22.5 Å². The van der Waals surface area contributed by atoms with E-state index in [0.717, 1.165) is 11.3 Å². The standard InChI is InChI=1S/C26H21ClN2O8S/c1-4-35-25(31)23-14(3)24(26(32)36-5-2)38-22(23)12-20(30)15(13-28)10-17-7-9-21(37-17)18-8-6-16(29(33)34)11-19(18)27/h6-11H,4-5,12H2,1-3H3. The van der Waals surface area contributed by atoms with Crippen molar-refractivity contribution in [2.75, 3.05) is 13.2 Å². The van der Waals surface area contributed by atoms with Gasteiger partial charge in [-0.2, -0.15) is 5.26 Å². The summed E-state index contributed by atoms with van der Waals surface area (Å²) in [6.07, 6.45) is 0.905. The minimum absolute atomic E-state index is 0.0950. The highest BCUT2D eigenvalue weighted by molar-refractivity contribution is 7.14. The maximum Gasteiger partial charge on any atom is 0.348 e. The lowest BCUT2D eigenvalue weighted by molar-refractivity contribution is -0.384. The van der Waals surface area contributed by atoms with Gasteiger partial charge in [0.2, 0.25) is 0 Å². The number of carbonyl (C=O) groups excluding carboxylic acids is 3. The molecule has 0 radical (unpaired) electrons. The Bertz CT molecular complexity index is 1500. The van der Waals surface area contributed by atoms with Crippen LogP contribution in [0.4, 0.5) is 5.69 Å². The summed E-state index contributed by atoms with van der Waals surface area (Å²) in [7, 11) is 0. The Morgan fingerprint density at radius 2 is 1.84 bits per heavy atom. The van der Waals surface area contributed by atoms with Crippen LogP contribution in [0.1, 0.15) is 50.1 Å². The van der Waals surface area contributed by atoms with E-state index >= 15 is 0 Å². The predicted octanol–water partition coefficient (Wildman–Crippen LogP) is 5.95. The molecule has 0 amide bonds. The van der Waals surface area contributed by atoms with Crippen molar-refractivity contribution in [2.24, 2.45) is 0 Å². The van der Waals surface area contributed by atoms with E-state index in [9.17, 15) is 29.8 Å². The number of thiophene rings is 1. The lowest BCUT2D eigenvalue weighted by Crippen LogP contribution is -2.12. The van der Waals surface area contributed by atoms with E-state index in [2.05, 4.69) is 0 Å². The van der Waals surface area contributed by atoms with Gasteiger partial charge >= 0.3 is 11.9 Å². The molecule has 0 atom stereocenters. The number of nitro benzene ring substituents is 1. The highest BCUT2D eigenvalue weighted by Gasteiger charge is 2.28. The van der Waals surface area contributed by atoms with Crippen LogP contribution >= 0.6 is 22.9 Å². The maximum absolute atomic E-state index is 13.1. The molecule has 0 fully saturated rings. The van der Waals surface area contributed by atoms with Crippen molar-refractivity contribution >= 4 is 52.4 Å². The average Bonchev–Trinajstić information content (AvgIpc) is 3.46. The number of non-ortho nitro benzene ring substituents is 1. The van der Waals surface area contributed by atoms with Gasteiger partial charge in [-0.15, -0.1) is 11.3 Å². The van der Waals surface area contributed by atoms with Crippen molar-refractivity contribution in [3.05, 3.63) is 77.7 Å². The van der Waals surface area contributed by atoms with Crippen LogP contribution in [0, 0.1) is 28.4 Å². The summed E-state index contributed by atoms with van der Waals surface area (Å²) in [6.45, 7) is 5.08. The van der Waals surface area contributed by atoms with Crippen LogP contribution in [0.15, 0.2) is 40.3 Å². The molecular formula is C26H21ClN2O8S. The highest BCUT2D eigenvalue weighted by atomic mass is 35.5. The number of benzene rings is 1. The van der Waals surface area contributed by atoms with Gasteiger partial charge in [0.05, 0.1) is 34.3 Å². The first-order chi connectivity index (χ1) is 18.1. The van der Waals surface area contributed by atoms with Crippen molar-refractivity contribution in [1.29, 1.82) is 5.26 Å². The van der Waals surface area contributed by atoms with Gasteiger partial charge in [0.15, 0.2) is 5.78 Å². The molecule has 38 heavy (non-hydrogen) atoms. The van der Waals surface area contributed by atoms with Crippen molar-refractivity contribution in [3.8, 4) is 17.4 Å². The molecule has 196 valence electrons. The predicted molar refractivity (Wildman–Crippen MR) is 139 cm³/mol. The Labute approximate surface area is 226 Å². The van der Waals surface area contributed by atoms with Gasteiger partial charge < -0.3 is 13.9 Å². The summed E-state index contributed by atoms with van der Waals surface area (Å²) in [4.78, 5) is 48.8. The third-order valence-corrected chi connectivity index (χ3v) is 6.83. The fourth-order valence-corrected chi connectivity index (χ4v) is 4.96. The van der Waals surface area contributed by atoms with Gasteiger partial charge in [0.25, 0.3) is 5.69 Å². The second-order valence-electron chi connectivity index (χ2n) is 7.69. The van der Waals surface area contributed by atoms with Crippen LogP contribution in [0.5, 0.6) is 0 Å². The van der Waals surface area contributed by atoms with Gasteiger partial charge in [-0.3, -0.25) is 14.9 Å². The molecule has 12 heteroatoms. The fraction of sp³-hybridized carbons (Fsp3) is 0.231. The highest BCUT2D eigenvalue weighted by Crippen LogP contribution is 2.33. The minimum Gasteiger partial charge on any atom is -0.462 e. The molecule has 0 aliphatic heterocycles. The molecule has 0 saturated heterocycles. The van der Waals surface area contributed by atoms with E-state index in [1.54, 1.807) is 26.8 Å². The number of ether oxygens (including phenoxy) is 2. The summed E-state index contributed by atoms with van der Waals surface area (Å²) in [5, 5.41) is 20.7. The van der Waals surface area contributed by atoms with Crippen LogP contribution in [0.3, 0.4) is 0 Å². The molecule has 1 aromatic carbocycles. The van der Waals surface area contributed by atoms with Crippen molar-refractivity contribution in [1.82, 2.24) is 0 Å². The zero-order valence-electron chi connectivity index (χ0n) is 20.5. The third kappa shape index (κ3) is 6.16. The number of rotatable bonds is 10. The number of hydrogen-bond acceptors (Lipinski definition) is 10. The second-order valence-corrected chi connectivity index (χ2v) is 9.20. The number of allylic oxidation sites excluding steroid dienone is 1. The molecule has 10 nitrogen and oxygen atoms in total. The summed E-state index contributed by atoms with van der Waals surface area (Å²) < 4.78 is 15.8. The molecule has 0 bridgehead atoms. The van der Waals surface area contributed by atoms with E-state index < -0.39 is 22.6 Å². The number of esters is 2. The van der Waals surface area contributed by atoms with Crippen LogP contribution < -0.4 is 0 Å². The molecule has 0 N–H and O–H groups in total. The Kier molecular flexibility index (Phi) is 9.17. The van der Waals surface area contributed by atoms with Crippen LogP contribution in [0.25, 0.3) is 17.4 Å². The van der Waals surface area contributed by atoms with Gasteiger partial charge in [0, 0.05) is 35.1 Å². The minimum atomic E-state index is -0.683. The molecule has 0 aliphatic rings. The quantitative estimate of drug-likeness (QED) is 0.0969. The lowest BCUT2D eigenvalue weighted by Gasteiger charge is -2.05. The largest absolute Gasteiger partial charge is 0.462 e. The first kappa shape index (κ1) is 28.3. The maximum atomic E-state index is 13.1. The van der Waals surface area contributed by atoms with E-state index in [1.807, 2.05) is 6.07 Å². The smallest absolute Gasteiger partial charge is 0.348 e. The number of nitro groups is 1. The van der Waals surface area contributed by atoms with E-state index in [4.69, 9.17) is 25.5 Å². The molecule has 3 aromatic rings. The monoisotopic (exact) mass is 556 g/mol. The lowest BCUT2D eigenvalue weighted by atomic mass is 10.0. The summed E-state index contributed by atoms with van der Waals surface area (Å²) in [5.41, 5.74) is 0.395. The number of Topliss-reactive ketones (excluding diaryl/α,β-unsaturated/α-hetero) is 1. The number of nitriles is 1. The Morgan fingerprint density at radius 3 is 2.45 bits per heavy atom. The molecule has 0 saturated carbocycles. The number of furan rings is 1. The first-order valence-corrected chi connectivity index (χ1v) is 12.5. The number of hydrogen-bond donors (Lipinski definition) is 0. The van der Waals surface area contributed by atoms with E-state index in [0.29, 0.717) is 11.1 Å². The van der Waals surface area contributed by atoms with Gasteiger partial charge in [-0.25, -0.2) is 9.59 Å². The topological polar surface area (TPSA) is 150 Å². The van der Waals surface area contributed by atoms with E-state index in [-0.39, 0.29) is 62.8 Å². The molecule has 3 rings (SSSR count). The number of nitrogens with zero attached hydrogens (tertiary/aromatic N) is 2. The summed E-state index contributed by atoms with van der Waals surface area (Å²) >= 11 is 7.09. The molecule has 2 aromatic heterocycles. The molecule has 0 unspecified atom stereocenters. The number of ketones is 1. The summed E-state index contributed by atoms with van der Waals surface area (Å²) in [6, 6.07) is 8.79. The Hall–Kier alpha value is -4.27. The molecule has 0 spiro atoms. The van der Waals surface area contributed by atoms with Crippen molar-refractivity contribution in [3.63, 3.8) is 0 Å². The summed E-state index contributed by atoms with van der Waals surface area (Å²) in [5.74, 6) is -1.47. The number of carbonyl (C=O) groups is 3. The molecular weight excluding hydrogens is 536 g/mol. The number of halogens is 1. The van der Waals surface area contributed by atoms with Gasteiger partial charge in [-0.05, 0) is 44.5 Å². The zero-order chi connectivity index (χ0) is 28.0. The Balaban J connectivity index is 1.91. The Morgan fingerprint density at radius 1 is 1.16 bits per heavy atom. The van der Waals surface area contributed by atoms with Crippen LogP contribution in [0.2, 0.25) is 5.02 Å². The average molecular weight is 557 g/mol. The van der Waals surface area contributed by atoms with Gasteiger partial charge in [-0.1, -0.05) is 11.6 Å². The third-order valence-electron chi connectivity index (χ3n) is 5.24. The SMILES string of the molecule is CCOC(=O)c1sc(CC(=O)C(C#N)=Cc2ccc(-c3ccc([N+](=O)[O-])cc3Cl)o2)c(C(=O)OCC)c1C. The van der Waals surface area contributed by atoms with E-state index in [1.165, 1.54) is 30.3 Å². The molecule has 2 heterocycles. The normalized spacial score (nSPS) is 11.1. The van der Waals surface area contributed by atoms with Crippen LogP contribution in [-0.2, 0) is 20.7 Å². The van der Waals surface area contributed by atoms with Crippen molar-refractivity contribution < 1.29 is 33.2 Å². The van der Waals surface area contributed by atoms with Crippen LogP contribution in [-0.4, -0.2) is 35.9 Å². The second kappa shape index (κ2) is 12.3. The first-order valence-electron chi connectivity index (χ1n) is 11.3. The van der Waals surface area contributed by atoms with Crippen molar-refractivity contribution in [2.45, 2.75) is 27.2 Å². The fourth-order valence-electron chi connectivity index (χ4n) is 3.51.